The number of anilines is 1. The van der Waals surface area contributed by atoms with Gasteiger partial charge in [-0.25, -0.2) is 4.98 Å². The zero-order valence-corrected chi connectivity index (χ0v) is 10.5. The van der Waals surface area contributed by atoms with E-state index < -0.39 is 0 Å². The molecular weight excluding hydrogens is 254 g/mol. The number of hydrogen-bond acceptors (Lipinski definition) is 6. The molecule has 0 atom stereocenters. The molecule has 1 saturated carbocycles. The fourth-order valence-electron chi connectivity index (χ4n) is 2.02. The molecule has 1 aliphatic carbocycles. The van der Waals surface area contributed by atoms with Crippen molar-refractivity contribution in [2.75, 3.05) is 5.32 Å². The highest BCUT2D eigenvalue weighted by atomic mass is 35.5. The van der Waals surface area contributed by atoms with E-state index in [9.17, 15) is 0 Å². The molecule has 2 heterocycles. The van der Waals surface area contributed by atoms with Gasteiger partial charge in [-0.2, -0.15) is 24.7 Å². The molecule has 0 aliphatic heterocycles. The summed E-state index contributed by atoms with van der Waals surface area (Å²) in [6.45, 7) is 2.22. The first-order valence-electron chi connectivity index (χ1n) is 5.74. The van der Waals surface area contributed by atoms with Crippen LogP contribution in [0, 0.1) is 5.92 Å². The van der Waals surface area contributed by atoms with Crippen LogP contribution in [0.25, 0.3) is 5.95 Å². The summed E-state index contributed by atoms with van der Waals surface area (Å²) in [5.41, 5.74) is 0. The molecule has 0 radical (unpaired) electrons. The van der Waals surface area contributed by atoms with Crippen molar-refractivity contribution in [1.82, 2.24) is 29.7 Å². The minimum atomic E-state index is 0.144. The Bertz CT molecular complexity index is 535. The highest BCUT2D eigenvalue weighted by molar-refractivity contribution is 6.28. The minimum Gasteiger partial charge on any atom is -0.351 e. The van der Waals surface area contributed by atoms with E-state index in [0.717, 1.165) is 18.8 Å². The summed E-state index contributed by atoms with van der Waals surface area (Å²) < 4.78 is 1.45. The van der Waals surface area contributed by atoms with Gasteiger partial charge in [0.2, 0.25) is 11.2 Å². The van der Waals surface area contributed by atoms with Crippen molar-refractivity contribution in [3.05, 3.63) is 17.9 Å². The molecule has 2 aromatic rings. The predicted molar refractivity (Wildman–Crippen MR) is 65.6 cm³/mol. The topological polar surface area (TPSA) is 81.4 Å². The molecule has 1 fully saturated rings. The summed E-state index contributed by atoms with van der Waals surface area (Å²) in [5, 5.41) is 7.35. The van der Waals surface area contributed by atoms with Crippen molar-refractivity contribution in [1.29, 1.82) is 0 Å². The van der Waals surface area contributed by atoms with Gasteiger partial charge in [-0.15, -0.1) is 0 Å². The second kappa shape index (κ2) is 4.49. The highest BCUT2D eigenvalue weighted by Crippen LogP contribution is 2.28. The van der Waals surface area contributed by atoms with E-state index in [0.29, 0.717) is 17.9 Å². The Balaban J connectivity index is 1.82. The van der Waals surface area contributed by atoms with Crippen molar-refractivity contribution in [3.8, 4) is 5.95 Å². The smallest absolute Gasteiger partial charge is 0.258 e. The summed E-state index contributed by atoms with van der Waals surface area (Å²) in [6.07, 6.45) is 5.18. The molecule has 0 aromatic carbocycles. The first kappa shape index (κ1) is 11.3. The van der Waals surface area contributed by atoms with Gasteiger partial charge in [0.1, 0.15) is 12.7 Å². The Hall–Kier alpha value is -1.76. The minimum absolute atomic E-state index is 0.144. The zero-order valence-electron chi connectivity index (χ0n) is 9.78. The van der Waals surface area contributed by atoms with Crippen LogP contribution in [0.3, 0.4) is 0 Å². The summed E-state index contributed by atoms with van der Waals surface area (Å²) in [6, 6.07) is 0.419. The van der Waals surface area contributed by atoms with E-state index in [-0.39, 0.29) is 5.28 Å². The van der Waals surface area contributed by atoms with Crippen LogP contribution in [0.15, 0.2) is 12.7 Å². The van der Waals surface area contributed by atoms with Crippen molar-refractivity contribution in [2.45, 2.75) is 25.8 Å². The van der Waals surface area contributed by atoms with Gasteiger partial charge in [0.05, 0.1) is 0 Å². The number of nitrogens with one attached hydrogen (secondary N) is 1. The van der Waals surface area contributed by atoms with E-state index in [4.69, 9.17) is 11.6 Å². The van der Waals surface area contributed by atoms with Crippen LogP contribution in [0.5, 0.6) is 0 Å². The average Bonchev–Trinajstić information content (AvgIpc) is 2.79. The first-order valence-corrected chi connectivity index (χ1v) is 6.11. The Morgan fingerprint density at radius 1 is 1.33 bits per heavy atom. The van der Waals surface area contributed by atoms with E-state index in [1.807, 2.05) is 0 Å². The van der Waals surface area contributed by atoms with Gasteiger partial charge in [-0.3, -0.25) is 0 Å². The maximum Gasteiger partial charge on any atom is 0.258 e. The third-order valence-electron chi connectivity index (χ3n) is 2.93. The number of rotatable bonds is 3. The van der Waals surface area contributed by atoms with Crippen molar-refractivity contribution in [2.24, 2.45) is 5.92 Å². The zero-order chi connectivity index (χ0) is 12.5. The fourth-order valence-corrected chi connectivity index (χ4v) is 2.18. The van der Waals surface area contributed by atoms with Gasteiger partial charge in [0.25, 0.3) is 5.95 Å². The summed E-state index contributed by atoms with van der Waals surface area (Å²) in [5.74, 6) is 1.61. The van der Waals surface area contributed by atoms with Gasteiger partial charge in [-0.1, -0.05) is 6.92 Å². The molecule has 3 rings (SSSR count). The lowest BCUT2D eigenvalue weighted by Crippen LogP contribution is -2.34. The maximum absolute atomic E-state index is 5.88. The number of aromatic nitrogens is 6. The quantitative estimate of drug-likeness (QED) is 0.901. The average molecular weight is 266 g/mol. The van der Waals surface area contributed by atoms with Crippen molar-refractivity contribution < 1.29 is 0 Å². The molecular formula is C10H12ClN7. The standard InChI is InChI=1S/C10H12ClN7/c1-6-2-7(3-6)14-9-15-8(11)16-10(17-9)18-5-12-4-13-18/h4-7H,2-3H2,1H3,(H,14,15,16,17). The van der Waals surface area contributed by atoms with Crippen LogP contribution in [-0.2, 0) is 0 Å². The molecule has 1 N–H and O–H groups in total. The molecule has 0 saturated heterocycles. The summed E-state index contributed by atoms with van der Waals surface area (Å²) in [7, 11) is 0. The highest BCUT2D eigenvalue weighted by Gasteiger charge is 2.26. The molecule has 0 spiro atoms. The van der Waals surface area contributed by atoms with Crippen molar-refractivity contribution in [3.63, 3.8) is 0 Å². The maximum atomic E-state index is 5.88. The molecule has 2 aromatic heterocycles. The second-order valence-electron chi connectivity index (χ2n) is 4.49. The Morgan fingerprint density at radius 2 is 2.17 bits per heavy atom. The van der Waals surface area contributed by atoms with Gasteiger partial charge >= 0.3 is 0 Å². The lowest BCUT2D eigenvalue weighted by molar-refractivity contribution is 0.308. The van der Waals surface area contributed by atoms with Crippen LogP contribution in [0.1, 0.15) is 19.8 Å². The normalized spacial score (nSPS) is 22.6. The van der Waals surface area contributed by atoms with Crippen molar-refractivity contribution >= 4 is 17.5 Å². The first-order chi connectivity index (χ1) is 8.70. The second-order valence-corrected chi connectivity index (χ2v) is 4.82. The van der Waals surface area contributed by atoms with Gasteiger partial charge in [0.15, 0.2) is 0 Å². The van der Waals surface area contributed by atoms with Gasteiger partial charge in [0, 0.05) is 6.04 Å². The fraction of sp³-hybridized carbons (Fsp3) is 0.500. The van der Waals surface area contributed by atoms with E-state index in [2.05, 4.69) is 37.3 Å². The summed E-state index contributed by atoms with van der Waals surface area (Å²) in [4.78, 5) is 16.2. The monoisotopic (exact) mass is 265 g/mol. The third-order valence-corrected chi connectivity index (χ3v) is 3.10. The lowest BCUT2D eigenvalue weighted by atomic mass is 9.82. The molecule has 94 valence electrons. The van der Waals surface area contributed by atoms with Crippen LogP contribution in [0.2, 0.25) is 5.28 Å². The molecule has 1 aliphatic rings. The molecule has 0 bridgehead atoms. The number of halogens is 1. The predicted octanol–water partition coefficient (Wildman–Crippen LogP) is 1.32. The molecule has 18 heavy (non-hydrogen) atoms. The van der Waals surface area contributed by atoms with E-state index in [1.165, 1.54) is 17.3 Å². The van der Waals surface area contributed by atoms with Gasteiger partial charge < -0.3 is 5.32 Å². The Kier molecular flexibility index (Phi) is 2.83. The molecule has 8 heteroatoms. The molecule has 7 nitrogen and oxygen atoms in total. The molecule has 0 amide bonds. The van der Waals surface area contributed by atoms with Crippen LogP contribution < -0.4 is 5.32 Å². The number of hydrogen-bond donors (Lipinski definition) is 1. The molecule has 0 unspecified atom stereocenters. The third kappa shape index (κ3) is 2.26. The lowest BCUT2D eigenvalue weighted by Gasteiger charge is -2.33. The van der Waals surface area contributed by atoms with Crippen LogP contribution in [0.4, 0.5) is 5.95 Å². The van der Waals surface area contributed by atoms with Gasteiger partial charge in [-0.05, 0) is 30.4 Å². The number of nitrogens with zero attached hydrogens (tertiary/aromatic N) is 6. The summed E-state index contributed by atoms with van der Waals surface area (Å²) >= 11 is 5.88. The van der Waals surface area contributed by atoms with Crippen LogP contribution >= 0.6 is 11.6 Å². The Morgan fingerprint density at radius 3 is 2.83 bits per heavy atom. The Labute approximate surface area is 109 Å². The van der Waals surface area contributed by atoms with Crippen LogP contribution in [-0.4, -0.2) is 35.8 Å². The van der Waals surface area contributed by atoms with E-state index in [1.54, 1.807) is 0 Å². The van der Waals surface area contributed by atoms with E-state index >= 15 is 0 Å². The SMILES string of the molecule is CC1CC(Nc2nc(Cl)nc(-n3cncn3)n2)C1. The largest absolute Gasteiger partial charge is 0.351 e.